The van der Waals surface area contributed by atoms with Crippen molar-refractivity contribution in [2.24, 2.45) is 0 Å². The summed E-state index contributed by atoms with van der Waals surface area (Å²) < 4.78 is 7.41. The van der Waals surface area contributed by atoms with Crippen LogP contribution in [0.3, 0.4) is 0 Å². The molecule has 0 aliphatic carbocycles. The van der Waals surface area contributed by atoms with E-state index in [0.29, 0.717) is 17.0 Å². The van der Waals surface area contributed by atoms with Gasteiger partial charge in [-0.15, -0.1) is 0 Å². The molecule has 0 fully saturated rings. The molecule has 1 amide bonds. The Morgan fingerprint density at radius 3 is 2.17 bits per heavy atom. The predicted octanol–water partition coefficient (Wildman–Crippen LogP) is 4.36. The minimum absolute atomic E-state index is 0.160. The quantitative estimate of drug-likeness (QED) is 0.776. The molecule has 0 aliphatic heterocycles. The molecular weight excluding hydrogens is 300 g/mol. The highest BCUT2D eigenvalue weighted by atomic mass is 16.5. The number of aryl methyl sites for hydroxylation is 2. The first kappa shape index (κ1) is 15.9. The van der Waals surface area contributed by atoms with Crippen LogP contribution in [0.25, 0.3) is 5.69 Å². The number of para-hydroxylation sites is 2. The minimum Gasteiger partial charge on any atom is -0.495 e. The van der Waals surface area contributed by atoms with Crippen molar-refractivity contribution < 1.29 is 9.53 Å². The SMILES string of the molecule is COc1ccccc1NC(=O)c1ccc(-n2c(C)ccc2C)cc1. The largest absolute Gasteiger partial charge is 0.495 e. The van der Waals surface area contributed by atoms with Gasteiger partial charge in [-0.05, 0) is 62.4 Å². The lowest BCUT2D eigenvalue weighted by Gasteiger charge is -2.12. The molecule has 0 aliphatic rings. The number of hydrogen-bond donors (Lipinski definition) is 1. The molecule has 0 atom stereocenters. The van der Waals surface area contributed by atoms with E-state index in [4.69, 9.17) is 4.74 Å². The van der Waals surface area contributed by atoms with Crippen LogP contribution in [0.15, 0.2) is 60.7 Å². The second-order valence-corrected chi connectivity index (χ2v) is 5.65. The highest BCUT2D eigenvalue weighted by Crippen LogP contribution is 2.24. The van der Waals surface area contributed by atoms with Crippen LogP contribution in [-0.4, -0.2) is 17.6 Å². The van der Waals surface area contributed by atoms with Gasteiger partial charge in [0.1, 0.15) is 5.75 Å². The number of methoxy groups -OCH3 is 1. The molecule has 2 aromatic carbocycles. The topological polar surface area (TPSA) is 43.3 Å². The number of nitrogens with one attached hydrogen (secondary N) is 1. The first-order valence-electron chi connectivity index (χ1n) is 7.80. The van der Waals surface area contributed by atoms with Crippen molar-refractivity contribution in [3.05, 3.63) is 77.6 Å². The van der Waals surface area contributed by atoms with Gasteiger partial charge in [-0.25, -0.2) is 0 Å². The highest BCUT2D eigenvalue weighted by molar-refractivity contribution is 6.05. The molecule has 0 saturated carbocycles. The predicted molar refractivity (Wildman–Crippen MR) is 96.2 cm³/mol. The van der Waals surface area contributed by atoms with E-state index < -0.39 is 0 Å². The Morgan fingerprint density at radius 2 is 1.54 bits per heavy atom. The lowest BCUT2D eigenvalue weighted by Crippen LogP contribution is -2.12. The maximum atomic E-state index is 12.4. The number of benzene rings is 2. The third-order valence-corrected chi connectivity index (χ3v) is 4.01. The summed E-state index contributed by atoms with van der Waals surface area (Å²) in [5.41, 5.74) is 4.64. The molecule has 3 rings (SSSR count). The number of aromatic nitrogens is 1. The molecule has 0 saturated heterocycles. The number of carbonyl (C=O) groups is 1. The molecule has 0 spiro atoms. The van der Waals surface area contributed by atoms with E-state index in [-0.39, 0.29) is 5.91 Å². The summed E-state index contributed by atoms with van der Waals surface area (Å²) in [4.78, 5) is 12.4. The van der Waals surface area contributed by atoms with Gasteiger partial charge < -0.3 is 14.6 Å². The van der Waals surface area contributed by atoms with E-state index in [0.717, 1.165) is 5.69 Å². The fourth-order valence-electron chi connectivity index (χ4n) is 2.78. The Balaban J connectivity index is 1.82. The van der Waals surface area contributed by atoms with Gasteiger partial charge in [0.25, 0.3) is 5.91 Å². The summed E-state index contributed by atoms with van der Waals surface area (Å²) in [6.45, 7) is 4.13. The molecular formula is C20H20N2O2. The van der Waals surface area contributed by atoms with Crippen LogP contribution in [0, 0.1) is 13.8 Å². The van der Waals surface area contributed by atoms with Crippen LogP contribution in [0.2, 0.25) is 0 Å². The van der Waals surface area contributed by atoms with Crippen molar-refractivity contribution in [1.29, 1.82) is 0 Å². The van der Waals surface area contributed by atoms with Crippen LogP contribution >= 0.6 is 0 Å². The van der Waals surface area contributed by atoms with Crippen molar-refractivity contribution >= 4 is 11.6 Å². The van der Waals surface area contributed by atoms with Crippen molar-refractivity contribution in [3.63, 3.8) is 0 Å². The highest BCUT2D eigenvalue weighted by Gasteiger charge is 2.10. The molecule has 3 aromatic rings. The Labute approximate surface area is 141 Å². The fourth-order valence-corrected chi connectivity index (χ4v) is 2.78. The van der Waals surface area contributed by atoms with E-state index in [9.17, 15) is 4.79 Å². The van der Waals surface area contributed by atoms with Crippen molar-refractivity contribution in [3.8, 4) is 11.4 Å². The van der Waals surface area contributed by atoms with Gasteiger partial charge >= 0.3 is 0 Å². The van der Waals surface area contributed by atoms with Crippen molar-refractivity contribution in [1.82, 2.24) is 4.57 Å². The smallest absolute Gasteiger partial charge is 0.255 e. The average molecular weight is 320 g/mol. The average Bonchev–Trinajstić information content (AvgIpc) is 2.94. The molecule has 122 valence electrons. The Morgan fingerprint density at radius 1 is 0.917 bits per heavy atom. The molecule has 4 nitrogen and oxygen atoms in total. The zero-order valence-corrected chi connectivity index (χ0v) is 14.0. The summed E-state index contributed by atoms with van der Waals surface area (Å²) in [5.74, 6) is 0.480. The summed E-state index contributed by atoms with van der Waals surface area (Å²) in [6, 6.07) is 19.1. The lowest BCUT2D eigenvalue weighted by molar-refractivity contribution is 0.102. The van der Waals surface area contributed by atoms with E-state index in [1.165, 1.54) is 11.4 Å². The molecule has 0 radical (unpaired) electrons. The lowest BCUT2D eigenvalue weighted by atomic mass is 10.1. The molecule has 24 heavy (non-hydrogen) atoms. The van der Waals surface area contributed by atoms with Crippen LogP contribution < -0.4 is 10.1 Å². The maximum absolute atomic E-state index is 12.4. The maximum Gasteiger partial charge on any atom is 0.255 e. The molecule has 1 N–H and O–H groups in total. The normalized spacial score (nSPS) is 10.5. The summed E-state index contributed by atoms with van der Waals surface area (Å²) in [7, 11) is 1.58. The summed E-state index contributed by atoms with van der Waals surface area (Å²) in [6.07, 6.45) is 0. The molecule has 0 bridgehead atoms. The van der Waals surface area contributed by atoms with Gasteiger partial charge in [-0.2, -0.15) is 0 Å². The van der Waals surface area contributed by atoms with E-state index in [1.54, 1.807) is 7.11 Å². The third kappa shape index (κ3) is 3.04. The number of hydrogen-bond acceptors (Lipinski definition) is 2. The zero-order chi connectivity index (χ0) is 17.1. The van der Waals surface area contributed by atoms with Gasteiger partial charge in [0.2, 0.25) is 0 Å². The van der Waals surface area contributed by atoms with Crippen LogP contribution in [0.5, 0.6) is 5.75 Å². The van der Waals surface area contributed by atoms with E-state index in [1.807, 2.05) is 48.5 Å². The van der Waals surface area contributed by atoms with E-state index in [2.05, 4.69) is 35.9 Å². The van der Waals surface area contributed by atoms with Gasteiger partial charge in [0.15, 0.2) is 0 Å². The number of anilines is 1. The third-order valence-electron chi connectivity index (χ3n) is 4.01. The Hall–Kier alpha value is -3.01. The molecule has 0 unspecified atom stereocenters. The number of carbonyl (C=O) groups excluding carboxylic acids is 1. The number of ether oxygens (including phenoxy) is 1. The second-order valence-electron chi connectivity index (χ2n) is 5.65. The van der Waals surface area contributed by atoms with Crippen molar-refractivity contribution in [2.45, 2.75) is 13.8 Å². The molecule has 4 heteroatoms. The minimum atomic E-state index is -0.160. The van der Waals surface area contributed by atoms with E-state index >= 15 is 0 Å². The number of nitrogens with zero attached hydrogens (tertiary/aromatic N) is 1. The van der Waals surface area contributed by atoms with Crippen LogP contribution in [0.4, 0.5) is 5.69 Å². The standard InChI is InChI=1S/C20H20N2O2/c1-14-8-9-15(2)22(14)17-12-10-16(11-13-17)20(23)21-18-6-4-5-7-19(18)24-3/h4-13H,1-3H3,(H,21,23). The first-order valence-corrected chi connectivity index (χ1v) is 7.80. The monoisotopic (exact) mass is 320 g/mol. The molecule has 1 aromatic heterocycles. The van der Waals surface area contributed by atoms with Crippen LogP contribution in [0.1, 0.15) is 21.7 Å². The Kier molecular flexibility index (Phi) is 4.38. The number of rotatable bonds is 4. The first-order chi connectivity index (χ1) is 11.6. The molecule has 1 heterocycles. The Bertz CT molecular complexity index is 844. The van der Waals surface area contributed by atoms with Gasteiger partial charge in [-0.1, -0.05) is 12.1 Å². The fraction of sp³-hybridized carbons (Fsp3) is 0.150. The van der Waals surface area contributed by atoms with Crippen molar-refractivity contribution in [2.75, 3.05) is 12.4 Å². The summed E-state index contributed by atoms with van der Waals surface area (Å²) >= 11 is 0. The van der Waals surface area contributed by atoms with Crippen LogP contribution in [-0.2, 0) is 0 Å². The number of amides is 1. The van der Waals surface area contributed by atoms with Gasteiger partial charge in [0, 0.05) is 22.6 Å². The van der Waals surface area contributed by atoms with Gasteiger partial charge in [0.05, 0.1) is 12.8 Å². The zero-order valence-electron chi connectivity index (χ0n) is 14.0. The summed E-state index contributed by atoms with van der Waals surface area (Å²) in [5, 5.41) is 2.88. The van der Waals surface area contributed by atoms with Gasteiger partial charge in [-0.3, -0.25) is 4.79 Å². The second kappa shape index (κ2) is 6.62.